The molecular weight excluding hydrogens is 282 g/mol. The van der Waals surface area contributed by atoms with Gasteiger partial charge in [-0.2, -0.15) is 8.42 Å². The van der Waals surface area contributed by atoms with Crippen molar-refractivity contribution >= 4 is 27.5 Å². The minimum absolute atomic E-state index is 0.110. The smallest absolute Gasteiger partial charge is 0.296 e. The summed E-state index contributed by atoms with van der Waals surface area (Å²) in [5.74, 6) is -0.326. The van der Waals surface area contributed by atoms with Gasteiger partial charge in [0, 0.05) is 12.3 Å². The number of anilines is 2. The monoisotopic (exact) mass is 299 g/mol. The van der Waals surface area contributed by atoms with Gasteiger partial charge in [-0.15, -0.1) is 0 Å². The topological polar surface area (TPSA) is 111 Å². The molecule has 7 nitrogen and oxygen atoms in total. The van der Waals surface area contributed by atoms with E-state index in [4.69, 9.17) is 9.88 Å². The Bertz CT molecular complexity index is 602. The largest absolute Gasteiger partial charge is 0.378 e. The first-order valence-corrected chi connectivity index (χ1v) is 7.73. The lowest BCUT2D eigenvalue weighted by Crippen LogP contribution is -2.27. The van der Waals surface area contributed by atoms with Gasteiger partial charge in [0.1, 0.15) is 0 Å². The molecule has 8 heteroatoms. The highest BCUT2D eigenvalue weighted by atomic mass is 32.2. The number of carbonyl (C=O) groups excluding carboxylic acids is 1. The molecule has 0 radical (unpaired) electrons. The van der Waals surface area contributed by atoms with E-state index in [1.165, 1.54) is 6.07 Å². The average Bonchev–Trinajstić information content (AvgIpc) is 2.73. The summed E-state index contributed by atoms with van der Waals surface area (Å²) in [6.45, 7) is 2.43. The maximum atomic E-state index is 12.1. The normalized spacial score (nSPS) is 22.5. The van der Waals surface area contributed by atoms with Crippen molar-refractivity contribution < 1.29 is 17.9 Å². The number of carbonyl (C=O) groups is 1. The lowest BCUT2D eigenvalue weighted by atomic mass is 10.0. The van der Waals surface area contributed by atoms with Crippen LogP contribution in [0.1, 0.15) is 13.3 Å². The molecule has 1 aromatic rings. The summed E-state index contributed by atoms with van der Waals surface area (Å²) in [7, 11) is -3.83. The highest BCUT2D eigenvalue weighted by molar-refractivity contribution is 7.90. The van der Waals surface area contributed by atoms with Gasteiger partial charge in [0.25, 0.3) is 10.2 Å². The number of benzene rings is 1. The highest BCUT2D eigenvalue weighted by Crippen LogP contribution is 2.23. The number of amides is 1. The number of ether oxygens (including phenoxy) is 1. The van der Waals surface area contributed by atoms with Crippen LogP contribution in [0.2, 0.25) is 0 Å². The van der Waals surface area contributed by atoms with E-state index in [0.717, 1.165) is 0 Å². The number of nitrogens with one attached hydrogen (secondary N) is 2. The van der Waals surface area contributed by atoms with Gasteiger partial charge < -0.3 is 10.1 Å². The second-order valence-corrected chi connectivity index (χ2v) is 5.98. The Kier molecular flexibility index (Phi) is 4.26. The van der Waals surface area contributed by atoms with E-state index in [9.17, 15) is 13.2 Å². The molecule has 110 valence electrons. The molecule has 1 fully saturated rings. The second-order valence-electron chi connectivity index (χ2n) is 4.69. The highest BCUT2D eigenvalue weighted by Gasteiger charge is 2.30. The lowest BCUT2D eigenvalue weighted by molar-refractivity contribution is -0.121. The molecule has 1 aliphatic rings. The Morgan fingerprint density at radius 3 is 2.70 bits per heavy atom. The SMILES string of the molecule is CC1OCCC1C(=O)Nc1cccc(NS(N)(=O)=O)c1. The van der Waals surface area contributed by atoms with Crippen molar-refractivity contribution in [1.82, 2.24) is 0 Å². The van der Waals surface area contributed by atoms with Crippen LogP contribution >= 0.6 is 0 Å². The maximum absolute atomic E-state index is 12.1. The van der Waals surface area contributed by atoms with E-state index in [1.807, 2.05) is 6.92 Å². The summed E-state index contributed by atoms with van der Waals surface area (Å²) in [6.07, 6.45) is 0.572. The summed E-state index contributed by atoms with van der Waals surface area (Å²) in [6, 6.07) is 6.34. The summed E-state index contributed by atoms with van der Waals surface area (Å²) < 4.78 is 29.4. The third kappa shape index (κ3) is 3.92. The molecule has 2 atom stereocenters. The fourth-order valence-electron chi connectivity index (χ4n) is 2.14. The quantitative estimate of drug-likeness (QED) is 0.758. The molecule has 0 spiro atoms. The van der Waals surface area contributed by atoms with Gasteiger partial charge in [-0.05, 0) is 31.5 Å². The van der Waals surface area contributed by atoms with E-state index >= 15 is 0 Å². The van der Waals surface area contributed by atoms with Crippen molar-refractivity contribution in [3.8, 4) is 0 Å². The van der Waals surface area contributed by atoms with Crippen LogP contribution in [0.15, 0.2) is 24.3 Å². The molecule has 1 aromatic carbocycles. The van der Waals surface area contributed by atoms with Crippen molar-refractivity contribution in [2.24, 2.45) is 11.1 Å². The number of rotatable bonds is 4. The van der Waals surface area contributed by atoms with Crippen LogP contribution in [0, 0.1) is 5.92 Å². The fourth-order valence-corrected chi connectivity index (χ4v) is 2.59. The Balaban J connectivity index is 2.06. The lowest BCUT2D eigenvalue weighted by Gasteiger charge is -2.14. The summed E-state index contributed by atoms with van der Waals surface area (Å²) in [5.41, 5.74) is 0.795. The Hall–Kier alpha value is -1.64. The third-order valence-corrected chi connectivity index (χ3v) is 3.62. The van der Waals surface area contributed by atoms with Crippen molar-refractivity contribution in [2.75, 3.05) is 16.6 Å². The number of hydrogen-bond acceptors (Lipinski definition) is 4. The molecule has 2 rings (SSSR count). The van der Waals surface area contributed by atoms with Crippen molar-refractivity contribution in [1.29, 1.82) is 0 Å². The zero-order valence-electron chi connectivity index (χ0n) is 11.0. The number of hydrogen-bond donors (Lipinski definition) is 3. The Morgan fingerprint density at radius 1 is 1.40 bits per heavy atom. The zero-order chi connectivity index (χ0) is 14.8. The van der Waals surface area contributed by atoms with Gasteiger partial charge in [0.15, 0.2) is 0 Å². The summed E-state index contributed by atoms with van der Waals surface area (Å²) in [4.78, 5) is 12.1. The Morgan fingerprint density at radius 2 is 2.10 bits per heavy atom. The van der Waals surface area contributed by atoms with Crippen LogP contribution in [0.25, 0.3) is 0 Å². The minimum atomic E-state index is -3.83. The van der Waals surface area contributed by atoms with Crippen LogP contribution in [-0.2, 0) is 19.7 Å². The molecule has 4 N–H and O–H groups in total. The van der Waals surface area contributed by atoms with Gasteiger partial charge in [-0.1, -0.05) is 6.07 Å². The molecule has 1 amide bonds. The summed E-state index contributed by atoms with van der Waals surface area (Å²) >= 11 is 0. The molecule has 2 unspecified atom stereocenters. The molecule has 1 aliphatic heterocycles. The van der Waals surface area contributed by atoms with Crippen molar-refractivity contribution in [2.45, 2.75) is 19.4 Å². The van der Waals surface area contributed by atoms with Crippen molar-refractivity contribution in [3.63, 3.8) is 0 Å². The van der Waals surface area contributed by atoms with Crippen LogP contribution in [0.3, 0.4) is 0 Å². The molecule has 0 aliphatic carbocycles. The molecule has 0 bridgehead atoms. The van der Waals surface area contributed by atoms with Gasteiger partial charge in [-0.25, -0.2) is 5.14 Å². The van der Waals surface area contributed by atoms with E-state index < -0.39 is 10.2 Å². The number of nitrogens with two attached hydrogens (primary N) is 1. The van der Waals surface area contributed by atoms with Crippen LogP contribution in [0.4, 0.5) is 11.4 Å². The first-order chi connectivity index (χ1) is 9.35. The van der Waals surface area contributed by atoms with Gasteiger partial charge >= 0.3 is 0 Å². The van der Waals surface area contributed by atoms with Gasteiger partial charge in [0.05, 0.1) is 17.7 Å². The van der Waals surface area contributed by atoms with Crippen LogP contribution < -0.4 is 15.2 Å². The molecule has 1 heterocycles. The Labute approximate surface area is 117 Å². The minimum Gasteiger partial charge on any atom is -0.378 e. The molecule has 1 saturated heterocycles. The second kappa shape index (κ2) is 5.78. The standard InChI is InChI=1S/C12H17N3O4S/c1-8-11(5-6-19-8)12(16)14-9-3-2-4-10(7-9)15-20(13,17)18/h2-4,7-8,11,15H,5-6H2,1H3,(H,14,16)(H2,13,17,18). The molecule has 0 saturated carbocycles. The van der Waals surface area contributed by atoms with E-state index in [1.54, 1.807) is 18.2 Å². The van der Waals surface area contributed by atoms with Crippen LogP contribution in [0.5, 0.6) is 0 Å². The average molecular weight is 299 g/mol. The van der Waals surface area contributed by atoms with Crippen LogP contribution in [-0.4, -0.2) is 27.0 Å². The van der Waals surface area contributed by atoms with E-state index in [0.29, 0.717) is 24.4 Å². The maximum Gasteiger partial charge on any atom is 0.296 e. The molecule has 0 aromatic heterocycles. The zero-order valence-corrected chi connectivity index (χ0v) is 11.8. The third-order valence-electron chi connectivity index (χ3n) is 3.10. The predicted octanol–water partition coefficient (Wildman–Crippen LogP) is 0.665. The molecular formula is C12H17N3O4S. The first-order valence-electron chi connectivity index (χ1n) is 6.18. The van der Waals surface area contributed by atoms with E-state index in [-0.39, 0.29) is 17.9 Å². The van der Waals surface area contributed by atoms with E-state index in [2.05, 4.69) is 10.0 Å². The predicted molar refractivity (Wildman–Crippen MR) is 75.3 cm³/mol. The van der Waals surface area contributed by atoms with Gasteiger partial charge in [0.2, 0.25) is 5.91 Å². The first kappa shape index (κ1) is 14.8. The fraction of sp³-hybridized carbons (Fsp3) is 0.417. The summed E-state index contributed by atoms with van der Waals surface area (Å²) in [5, 5.41) is 7.64. The van der Waals surface area contributed by atoms with Crippen molar-refractivity contribution in [3.05, 3.63) is 24.3 Å². The van der Waals surface area contributed by atoms with Gasteiger partial charge in [-0.3, -0.25) is 9.52 Å². The molecule has 20 heavy (non-hydrogen) atoms.